The molecule has 0 aliphatic rings. The third-order valence-electron chi connectivity index (χ3n) is 4.21. The van der Waals surface area contributed by atoms with Crippen molar-refractivity contribution >= 4 is 17.5 Å². The predicted octanol–water partition coefficient (Wildman–Crippen LogP) is 6.11. The van der Waals surface area contributed by atoms with Crippen molar-refractivity contribution in [2.75, 3.05) is 5.75 Å². The lowest BCUT2D eigenvalue weighted by Crippen LogP contribution is -2.02. The van der Waals surface area contributed by atoms with Crippen LogP contribution in [0.25, 0.3) is 11.5 Å². The number of ketones is 1. The molecule has 0 atom stereocenters. The van der Waals surface area contributed by atoms with Crippen molar-refractivity contribution in [3.05, 3.63) is 84.4 Å². The molecule has 0 fully saturated rings. The first-order valence-electron chi connectivity index (χ1n) is 9.44. The van der Waals surface area contributed by atoms with Crippen LogP contribution < -0.4 is 9.47 Å². The van der Waals surface area contributed by atoms with E-state index in [-0.39, 0.29) is 28.4 Å². The van der Waals surface area contributed by atoms with Crippen molar-refractivity contribution < 1.29 is 27.5 Å². The number of para-hydroxylation sites is 1. The van der Waals surface area contributed by atoms with Crippen LogP contribution in [0.2, 0.25) is 0 Å². The van der Waals surface area contributed by atoms with Gasteiger partial charge in [-0.25, -0.2) is 0 Å². The average molecular weight is 454 g/mol. The van der Waals surface area contributed by atoms with Crippen LogP contribution in [0.3, 0.4) is 0 Å². The molecule has 32 heavy (non-hydrogen) atoms. The van der Waals surface area contributed by atoms with Crippen molar-refractivity contribution in [1.29, 1.82) is 0 Å². The number of benzene rings is 3. The molecule has 1 heterocycles. The van der Waals surface area contributed by atoms with Gasteiger partial charge in [0, 0.05) is 11.1 Å². The standard InChI is InChI=1S/C23H16F2N2O4S/c24-22(25)30-19-12-8-16(9-13-19)21-26-27-23(31-21)32-14-20(28)15-6-10-18(11-7-15)29-17-4-2-1-3-5-17/h1-13,22H,14H2. The molecule has 162 valence electrons. The minimum atomic E-state index is -2.89. The summed E-state index contributed by atoms with van der Waals surface area (Å²) in [6, 6.07) is 22.0. The molecule has 4 rings (SSSR count). The van der Waals surface area contributed by atoms with Gasteiger partial charge in [0.15, 0.2) is 5.78 Å². The Labute approximate surface area is 186 Å². The number of hydrogen-bond acceptors (Lipinski definition) is 7. The molecule has 0 bridgehead atoms. The molecular weight excluding hydrogens is 438 g/mol. The molecule has 0 N–H and O–H groups in total. The first-order valence-corrected chi connectivity index (χ1v) is 10.4. The maximum Gasteiger partial charge on any atom is 0.387 e. The van der Waals surface area contributed by atoms with Gasteiger partial charge in [0.1, 0.15) is 17.2 Å². The summed E-state index contributed by atoms with van der Waals surface area (Å²) < 4.78 is 40.0. The van der Waals surface area contributed by atoms with Gasteiger partial charge in [-0.15, -0.1) is 10.2 Å². The molecule has 0 saturated heterocycles. The van der Waals surface area contributed by atoms with Gasteiger partial charge < -0.3 is 13.9 Å². The van der Waals surface area contributed by atoms with E-state index in [1.165, 1.54) is 24.3 Å². The Bertz CT molecular complexity index is 1170. The van der Waals surface area contributed by atoms with E-state index in [9.17, 15) is 13.6 Å². The molecule has 0 amide bonds. The summed E-state index contributed by atoms with van der Waals surface area (Å²) in [5.74, 6) is 1.60. The average Bonchev–Trinajstić information content (AvgIpc) is 3.28. The zero-order valence-corrected chi connectivity index (χ0v) is 17.3. The van der Waals surface area contributed by atoms with Crippen LogP contribution in [0, 0.1) is 0 Å². The van der Waals surface area contributed by atoms with E-state index in [1.807, 2.05) is 30.3 Å². The zero-order valence-electron chi connectivity index (χ0n) is 16.5. The Balaban J connectivity index is 1.32. The van der Waals surface area contributed by atoms with E-state index in [4.69, 9.17) is 9.15 Å². The van der Waals surface area contributed by atoms with E-state index >= 15 is 0 Å². The minimum absolute atomic E-state index is 0.0312. The lowest BCUT2D eigenvalue weighted by Gasteiger charge is -2.06. The fourth-order valence-electron chi connectivity index (χ4n) is 2.71. The van der Waals surface area contributed by atoms with Crippen molar-refractivity contribution in [2.45, 2.75) is 11.8 Å². The normalized spacial score (nSPS) is 10.8. The number of aromatic nitrogens is 2. The van der Waals surface area contributed by atoms with Crippen LogP contribution in [0.5, 0.6) is 17.2 Å². The van der Waals surface area contributed by atoms with E-state index in [1.54, 1.807) is 24.3 Å². The molecule has 9 heteroatoms. The summed E-state index contributed by atoms with van der Waals surface area (Å²) >= 11 is 1.11. The lowest BCUT2D eigenvalue weighted by molar-refractivity contribution is -0.0498. The molecule has 3 aromatic carbocycles. The van der Waals surface area contributed by atoms with Crippen LogP contribution in [0.15, 0.2) is 88.5 Å². The van der Waals surface area contributed by atoms with Crippen LogP contribution in [-0.4, -0.2) is 28.3 Å². The number of Topliss-reactive ketones (excluding diaryl/α,β-unsaturated/α-hetero) is 1. The van der Waals surface area contributed by atoms with Gasteiger partial charge in [-0.1, -0.05) is 30.0 Å². The number of hydrogen-bond donors (Lipinski definition) is 0. The SMILES string of the molecule is O=C(CSc1nnc(-c2ccc(OC(F)F)cc2)o1)c1ccc(Oc2ccccc2)cc1. The number of carbonyl (C=O) groups is 1. The summed E-state index contributed by atoms with van der Waals surface area (Å²) in [6.07, 6.45) is 0. The van der Waals surface area contributed by atoms with E-state index in [0.29, 0.717) is 22.6 Å². The third-order valence-corrected chi connectivity index (χ3v) is 5.03. The summed E-state index contributed by atoms with van der Waals surface area (Å²) in [5.41, 5.74) is 1.08. The van der Waals surface area contributed by atoms with E-state index in [0.717, 1.165) is 11.8 Å². The van der Waals surface area contributed by atoms with Gasteiger partial charge in [0.05, 0.1) is 5.75 Å². The summed E-state index contributed by atoms with van der Waals surface area (Å²) in [6.45, 7) is -2.89. The van der Waals surface area contributed by atoms with Gasteiger partial charge in [-0.3, -0.25) is 4.79 Å². The molecule has 0 aliphatic heterocycles. The van der Waals surface area contributed by atoms with Crippen LogP contribution in [0.4, 0.5) is 8.78 Å². The molecule has 0 radical (unpaired) electrons. The molecule has 1 aromatic heterocycles. The number of alkyl halides is 2. The predicted molar refractivity (Wildman–Crippen MR) is 114 cm³/mol. The second-order valence-corrected chi connectivity index (χ2v) is 7.35. The molecule has 0 saturated carbocycles. The number of nitrogens with zero attached hydrogens (tertiary/aromatic N) is 2. The number of thioether (sulfide) groups is 1. The third kappa shape index (κ3) is 5.70. The topological polar surface area (TPSA) is 74.5 Å². The van der Waals surface area contributed by atoms with Gasteiger partial charge in [0.25, 0.3) is 5.22 Å². The van der Waals surface area contributed by atoms with Crippen LogP contribution in [-0.2, 0) is 0 Å². The van der Waals surface area contributed by atoms with Crippen molar-refractivity contribution in [3.8, 4) is 28.7 Å². The van der Waals surface area contributed by atoms with Gasteiger partial charge in [0.2, 0.25) is 5.89 Å². The first-order chi connectivity index (χ1) is 15.6. The first kappa shape index (κ1) is 21.5. The summed E-state index contributed by atoms with van der Waals surface area (Å²) in [7, 11) is 0. The molecular formula is C23H16F2N2O4S. The summed E-state index contributed by atoms with van der Waals surface area (Å²) in [4.78, 5) is 12.5. The van der Waals surface area contributed by atoms with Crippen LogP contribution >= 0.6 is 11.8 Å². The smallest absolute Gasteiger partial charge is 0.387 e. The molecule has 6 nitrogen and oxygen atoms in total. The van der Waals surface area contributed by atoms with Crippen LogP contribution in [0.1, 0.15) is 10.4 Å². The lowest BCUT2D eigenvalue weighted by atomic mass is 10.1. The van der Waals surface area contributed by atoms with Crippen molar-refractivity contribution in [3.63, 3.8) is 0 Å². The highest BCUT2D eigenvalue weighted by molar-refractivity contribution is 7.99. The second kappa shape index (κ2) is 10.1. The quantitative estimate of drug-likeness (QED) is 0.223. The number of ether oxygens (including phenoxy) is 2. The monoisotopic (exact) mass is 454 g/mol. The maximum absolute atomic E-state index is 12.5. The van der Waals surface area contributed by atoms with Crippen molar-refractivity contribution in [2.24, 2.45) is 0 Å². The molecule has 4 aromatic rings. The van der Waals surface area contributed by atoms with Gasteiger partial charge in [-0.2, -0.15) is 8.78 Å². The van der Waals surface area contributed by atoms with E-state index < -0.39 is 6.61 Å². The van der Waals surface area contributed by atoms with E-state index in [2.05, 4.69) is 14.9 Å². The Morgan fingerprint density at radius 1 is 0.875 bits per heavy atom. The molecule has 0 unspecified atom stereocenters. The minimum Gasteiger partial charge on any atom is -0.457 e. The number of rotatable bonds is 9. The molecule has 0 aliphatic carbocycles. The number of halogens is 2. The highest BCUT2D eigenvalue weighted by atomic mass is 32.2. The Hall–Kier alpha value is -3.72. The largest absolute Gasteiger partial charge is 0.457 e. The second-order valence-electron chi connectivity index (χ2n) is 6.43. The maximum atomic E-state index is 12.5. The molecule has 0 spiro atoms. The summed E-state index contributed by atoms with van der Waals surface area (Å²) in [5, 5.41) is 8.06. The Kier molecular flexibility index (Phi) is 6.76. The van der Waals surface area contributed by atoms with Gasteiger partial charge in [-0.05, 0) is 60.7 Å². The Morgan fingerprint density at radius 2 is 1.53 bits per heavy atom. The zero-order chi connectivity index (χ0) is 22.3. The fourth-order valence-corrected chi connectivity index (χ4v) is 3.37. The number of carbonyl (C=O) groups excluding carboxylic acids is 1. The van der Waals surface area contributed by atoms with Crippen molar-refractivity contribution in [1.82, 2.24) is 10.2 Å². The highest BCUT2D eigenvalue weighted by Crippen LogP contribution is 2.26. The van der Waals surface area contributed by atoms with Gasteiger partial charge >= 0.3 is 6.61 Å². The fraction of sp³-hybridized carbons (Fsp3) is 0.0870. The highest BCUT2D eigenvalue weighted by Gasteiger charge is 2.13. The Morgan fingerprint density at radius 3 is 2.22 bits per heavy atom.